The molecule has 0 saturated carbocycles. The number of nitrogens with zero attached hydrogens (tertiary/aromatic N) is 3. The fourth-order valence-electron chi connectivity index (χ4n) is 3.22. The van der Waals surface area contributed by atoms with Gasteiger partial charge in [0.15, 0.2) is 6.29 Å². The minimum Gasteiger partial charge on any atom is -0.389 e. The van der Waals surface area contributed by atoms with Crippen molar-refractivity contribution in [3.8, 4) is 0 Å². The highest BCUT2D eigenvalue weighted by atomic mass is 16.7. The standard InChI is InChI=1S/C21H37N3O7/c1-5-17-18(31-21(27-4)20(26)19(17)25)13-24-12-16(22-23-24)14-30-11-10-29-9-8-28-7-6-15(2)3/h5,12,15,17-21,25-26H,1,6-11,13-14H2,2-4H3/t17-,18-,19+,20-,21+/m1/s1. The smallest absolute Gasteiger partial charge is 0.186 e. The van der Waals surface area contributed by atoms with Crippen molar-refractivity contribution in [2.24, 2.45) is 11.8 Å². The molecule has 10 nitrogen and oxygen atoms in total. The Kier molecular flexibility index (Phi) is 11.6. The van der Waals surface area contributed by atoms with Crippen molar-refractivity contribution >= 4 is 0 Å². The summed E-state index contributed by atoms with van der Waals surface area (Å²) < 4.78 is 29.0. The first-order valence-electron chi connectivity index (χ1n) is 10.8. The third-order valence-corrected chi connectivity index (χ3v) is 5.05. The summed E-state index contributed by atoms with van der Waals surface area (Å²) in [5.41, 5.74) is 0.673. The molecule has 1 aliphatic heterocycles. The predicted octanol–water partition coefficient (Wildman–Crippen LogP) is 0.769. The average Bonchev–Trinajstić information content (AvgIpc) is 3.19. The molecule has 0 aliphatic carbocycles. The molecule has 10 heteroatoms. The molecule has 0 bridgehead atoms. The van der Waals surface area contributed by atoms with Crippen LogP contribution in [0.15, 0.2) is 18.9 Å². The number of aromatic nitrogens is 3. The number of hydrogen-bond acceptors (Lipinski definition) is 9. The quantitative estimate of drug-likeness (QED) is 0.299. The lowest BCUT2D eigenvalue weighted by atomic mass is 9.89. The van der Waals surface area contributed by atoms with E-state index < -0.39 is 30.5 Å². The summed E-state index contributed by atoms with van der Waals surface area (Å²) in [6.07, 6.45) is 0.828. The molecule has 0 unspecified atom stereocenters. The van der Waals surface area contributed by atoms with Crippen LogP contribution in [0.1, 0.15) is 26.0 Å². The van der Waals surface area contributed by atoms with E-state index >= 15 is 0 Å². The molecule has 1 aromatic heterocycles. The summed E-state index contributed by atoms with van der Waals surface area (Å²) in [5.74, 6) is 0.185. The Labute approximate surface area is 184 Å². The van der Waals surface area contributed by atoms with E-state index in [-0.39, 0.29) is 0 Å². The van der Waals surface area contributed by atoms with E-state index in [1.165, 1.54) is 7.11 Å². The highest BCUT2D eigenvalue weighted by molar-refractivity contribution is 4.98. The molecule has 2 rings (SSSR count). The van der Waals surface area contributed by atoms with Crippen molar-refractivity contribution in [2.45, 2.75) is 58.0 Å². The van der Waals surface area contributed by atoms with Gasteiger partial charge in [0.2, 0.25) is 0 Å². The second kappa shape index (κ2) is 13.9. The van der Waals surface area contributed by atoms with Gasteiger partial charge in [-0.1, -0.05) is 25.1 Å². The summed E-state index contributed by atoms with van der Waals surface area (Å²) in [7, 11) is 1.42. The van der Waals surface area contributed by atoms with Crippen LogP contribution in [0.5, 0.6) is 0 Å². The second-order valence-corrected chi connectivity index (χ2v) is 7.96. The van der Waals surface area contributed by atoms with Crippen LogP contribution in [0.2, 0.25) is 0 Å². The van der Waals surface area contributed by atoms with Crippen LogP contribution < -0.4 is 0 Å². The fourth-order valence-corrected chi connectivity index (χ4v) is 3.22. The van der Waals surface area contributed by atoms with E-state index in [0.717, 1.165) is 13.0 Å². The molecule has 1 fully saturated rings. The van der Waals surface area contributed by atoms with Crippen molar-refractivity contribution in [1.29, 1.82) is 0 Å². The van der Waals surface area contributed by atoms with Crippen molar-refractivity contribution in [3.63, 3.8) is 0 Å². The Bertz CT molecular complexity index is 628. The van der Waals surface area contributed by atoms with Crippen LogP contribution in [-0.2, 0) is 36.8 Å². The van der Waals surface area contributed by atoms with Gasteiger partial charge in [-0.3, -0.25) is 0 Å². The van der Waals surface area contributed by atoms with Crippen LogP contribution in [0, 0.1) is 11.8 Å². The van der Waals surface area contributed by atoms with Crippen LogP contribution in [0.25, 0.3) is 0 Å². The maximum Gasteiger partial charge on any atom is 0.186 e. The van der Waals surface area contributed by atoms with Gasteiger partial charge >= 0.3 is 0 Å². The molecule has 1 aromatic rings. The molecule has 1 saturated heterocycles. The molecule has 178 valence electrons. The van der Waals surface area contributed by atoms with E-state index in [0.29, 0.717) is 51.2 Å². The average molecular weight is 444 g/mol. The van der Waals surface area contributed by atoms with E-state index in [2.05, 4.69) is 30.7 Å². The highest BCUT2D eigenvalue weighted by Crippen LogP contribution is 2.28. The molecular formula is C21H37N3O7. The number of aliphatic hydroxyl groups is 2. The Balaban J connectivity index is 1.65. The molecule has 1 aliphatic rings. The van der Waals surface area contributed by atoms with E-state index in [1.807, 2.05) is 0 Å². The molecule has 0 spiro atoms. The number of rotatable bonds is 15. The van der Waals surface area contributed by atoms with Gasteiger partial charge in [0, 0.05) is 19.6 Å². The Morgan fingerprint density at radius 1 is 1.13 bits per heavy atom. The van der Waals surface area contributed by atoms with Crippen molar-refractivity contribution in [2.75, 3.05) is 40.1 Å². The van der Waals surface area contributed by atoms with E-state index in [4.69, 9.17) is 23.7 Å². The van der Waals surface area contributed by atoms with Crippen LogP contribution >= 0.6 is 0 Å². The summed E-state index contributed by atoms with van der Waals surface area (Å²) in [6.45, 7) is 11.5. The van der Waals surface area contributed by atoms with Gasteiger partial charge < -0.3 is 33.9 Å². The number of methoxy groups -OCH3 is 1. The summed E-state index contributed by atoms with van der Waals surface area (Å²) >= 11 is 0. The third kappa shape index (κ3) is 8.57. The summed E-state index contributed by atoms with van der Waals surface area (Å²) in [5, 5.41) is 28.5. The van der Waals surface area contributed by atoms with Crippen LogP contribution in [0.3, 0.4) is 0 Å². The Hall–Kier alpha value is -1.40. The zero-order valence-corrected chi connectivity index (χ0v) is 18.8. The lowest BCUT2D eigenvalue weighted by Gasteiger charge is -2.40. The zero-order valence-electron chi connectivity index (χ0n) is 18.8. The maximum absolute atomic E-state index is 10.3. The number of ether oxygens (including phenoxy) is 5. The topological polar surface area (TPSA) is 117 Å². The van der Waals surface area contributed by atoms with Crippen LogP contribution in [-0.4, -0.2) is 90.0 Å². The first-order valence-corrected chi connectivity index (χ1v) is 10.8. The van der Waals surface area contributed by atoms with Gasteiger partial charge in [-0.15, -0.1) is 11.7 Å². The molecule has 2 N–H and O–H groups in total. The lowest BCUT2D eigenvalue weighted by Crippen LogP contribution is -2.55. The highest BCUT2D eigenvalue weighted by Gasteiger charge is 2.43. The van der Waals surface area contributed by atoms with Gasteiger partial charge in [0.05, 0.1) is 58.0 Å². The fraction of sp³-hybridized carbons (Fsp3) is 0.810. The van der Waals surface area contributed by atoms with Gasteiger partial charge in [-0.25, -0.2) is 4.68 Å². The summed E-state index contributed by atoms with van der Waals surface area (Å²) in [4.78, 5) is 0. The molecule has 0 radical (unpaired) electrons. The Morgan fingerprint density at radius 2 is 1.81 bits per heavy atom. The maximum atomic E-state index is 10.3. The van der Waals surface area contributed by atoms with Crippen molar-refractivity contribution < 1.29 is 33.9 Å². The molecule has 31 heavy (non-hydrogen) atoms. The first kappa shape index (κ1) is 25.9. The SMILES string of the molecule is C=C[C@H]1[C@H](O)[C@@H](O)[C@@H](OC)O[C@@H]1Cn1cc(COCCOCCOCCC(C)C)nn1. The molecule has 5 atom stereocenters. The largest absolute Gasteiger partial charge is 0.389 e. The predicted molar refractivity (Wildman–Crippen MR) is 112 cm³/mol. The number of hydrogen-bond donors (Lipinski definition) is 2. The van der Waals surface area contributed by atoms with Gasteiger partial charge in [-0.05, 0) is 12.3 Å². The second-order valence-electron chi connectivity index (χ2n) is 7.96. The van der Waals surface area contributed by atoms with Crippen molar-refractivity contribution in [3.05, 3.63) is 24.5 Å². The molecule has 2 heterocycles. The molecule has 0 amide bonds. The molecular weight excluding hydrogens is 406 g/mol. The third-order valence-electron chi connectivity index (χ3n) is 5.05. The number of aliphatic hydroxyl groups excluding tert-OH is 2. The van der Waals surface area contributed by atoms with Gasteiger partial charge in [0.25, 0.3) is 0 Å². The Morgan fingerprint density at radius 3 is 2.45 bits per heavy atom. The normalized spacial score (nSPS) is 26.5. The molecule has 0 aromatic carbocycles. The zero-order chi connectivity index (χ0) is 22.6. The minimum absolute atomic E-state index is 0.312. The first-order chi connectivity index (χ1) is 15.0. The van der Waals surface area contributed by atoms with E-state index in [1.54, 1.807) is 17.0 Å². The monoisotopic (exact) mass is 443 g/mol. The van der Waals surface area contributed by atoms with Crippen molar-refractivity contribution in [1.82, 2.24) is 15.0 Å². The van der Waals surface area contributed by atoms with E-state index in [9.17, 15) is 10.2 Å². The minimum atomic E-state index is -1.14. The van der Waals surface area contributed by atoms with Gasteiger partial charge in [-0.2, -0.15) is 0 Å². The van der Waals surface area contributed by atoms with Gasteiger partial charge in [0.1, 0.15) is 11.8 Å². The summed E-state index contributed by atoms with van der Waals surface area (Å²) in [6, 6.07) is 0. The van der Waals surface area contributed by atoms with Crippen LogP contribution in [0.4, 0.5) is 0 Å². The lowest BCUT2D eigenvalue weighted by molar-refractivity contribution is -0.273.